The Morgan fingerprint density at radius 1 is 1.15 bits per heavy atom. The molecule has 1 aliphatic rings. The molecule has 136 valence electrons. The van der Waals surface area contributed by atoms with Gasteiger partial charge in [0.2, 0.25) is 0 Å². The van der Waals surface area contributed by atoms with E-state index in [1.54, 1.807) is 17.5 Å². The van der Waals surface area contributed by atoms with Crippen LogP contribution in [0.2, 0.25) is 0 Å². The van der Waals surface area contributed by atoms with Crippen LogP contribution >= 0.6 is 11.3 Å². The first kappa shape index (κ1) is 17.3. The second-order valence-electron chi connectivity index (χ2n) is 6.63. The molecule has 1 fully saturated rings. The Labute approximate surface area is 157 Å². The number of fused-ring (bicyclic) bond motifs is 1. The number of hydrogen-bond donors (Lipinski definition) is 1. The third kappa shape index (κ3) is 3.18. The minimum Gasteiger partial charge on any atom is -0.395 e. The fraction of sp³-hybridized carbons (Fsp3) is 0.421. The molecule has 6 nitrogen and oxygen atoms in total. The number of thiophene rings is 1. The van der Waals surface area contributed by atoms with Gasteiger partial charge in [0.15, 0.2) is 5.82 Å². The summed E-state index contributed by atoms with van der Waals surface area (Å²) in [5.41, 5.74) is 2.22. The van der Waals surface area contributed by atoms with Crippen molar-refractivity contribution >= 4 is 27.4 Å². The second kappa shape index (κ2) is 7.26. The first-order valence-electron chi connectivity index (χ1n) is 8.93. The van der Waals surface area contributed by atoms with Crippen molar-refractivity contribution in [3.63, 3.8) is 0 Å². The van der Waals surface area contributed by atoms with E-state index in [-0.39, 0.29) is 6.61 Å². The number of nitrogens with zero attached hydrogens (tertiary/aromatic N) is 5. The second-order valence-corrected chi connectivity index (χ2v) is 7.83. The highest BCUT2D eigenvalue weighted by Crippen LogP contribution is 2.36. The topological polar surface area (TPSA) is 65.4 Å². The van der Waals surface area contributed by atoms with E-state index in [9.17, 15) is 0 Å². The predicted octanol–water partition coefficient (Wildman–Crippen LogP) is 2.48. The molecule has 1 saturated heterocycles. The molecular formula is C19H23N5OS. The fourth-order valence-corrected chi connectivity index (χ4v) is 4.43. The van der Waals surface area contributed by atoms with Crippen molar-refractivity contribution < 1.29 is 5.11 Å². The maximum absolute atomic E-state index is 9.16. The highest BCUT2D eigenvalue weighted by Gasteiger charge is 2.23. The zero-order valence-corrected chi connectivity index (χ0v) is 16.0. The SMILES string of the molecule is Cc1sc2nc(-c3cccnc3)nc(N3CCN(CCO)CC3)c2c1C. The van der Waals surface area contributed by atoms with Gasteiger partial charge in [-0.3, -0.25) is 9.88 Å². The molecule has 3 aromatic rings. The molecule has 0 amide bonds. The lowest BCUT2D eigenvalue weighted by atomic mass is 10.1. The third-order valence-electron chi connectivity index (χ3n) is 5.02. The normalized spacial score (nSPS) is 15.7. The standard InChI is InChI=1S/C19H23N5OS/c1-13-14(2)26-19-16(13)18(24-8-6-23(7-9-24)10-11-25)21-17(22-19)15-4-3-5-20-12-15/h3-5,12,25H,6-11H2,1-2H3. The molecule has 3 aromatic heterocycles. The monoisotopic (exact) mass is 369 g/mol. The molecule has 1 aliphatic heterocycles. The highest BCUT2D eigenvalue weighted by atomic mass is 32.1. The van der Waals surface area contributed by atoms with Gasteiger partial charge in [0, 0.05) is 55.6 Å². The molecule has 4 rings (SSSR count). The average molecular weight is 369 g/mol. The molecule has 1 N–H and O–H groups in total. The molecule has 0 spiro atoms. The number of aromatic nitrogens is 3. The third-order valence-corrected chi connectivity index (χ3v) is 6.12. The van der Waals surface area contributed by atoms with Gasteiger partial charge in [0.1, 0.15) is 10.6 Å². The molecule has 0 bridgehead atoms. The van der Waals surface area contributed by atoms with Gasteiger partial charge in [-0.05, 0) is 31.5 Å². The van der Waals surface area contributed by atoms with Crippen LogP contribution in [0.25, 0.3) is 21.6 Å². The molecule has 4 heterocycles. The Kier molecular flexibility index (Phi) is 4.84. The summed E-state index contributed by atoms with van der Waals surface area (Å²) in [6.07, 6.45) is 3.58. The Bertz CT molecular complexity index is 903. The van der Waals surface area contributed by atoms with Crippen LogP contribution in [0.3, 0.4) is 0 Å². The van der Waals surface area contributed by atoms with Gasteiger partial charge in [0.05, 0.1) is 12.0 Å². The van der Waals surface area contributed by atoms with E-state index in [2.05, 4.69) is 28.6 Å². The Morgan fingerprint density at radius 3 is 2.65 bits per heavy atom. The van der Waals surface area contributed by atoms with Crippen LogP contribution in [0, 0.1) is 13.8 Å². The first-order chi connectivity index (χ1) is 12.7. The van der Waals surface area contributed by atoms with E-state index in [1.807, 2.05) is 18.3 Å². The van der Waals surface area contributed by atoms with Gasteiger partial charge in [0.25, 0.3) is 0 Å². The van der Waals surface area contributed by atoms with Gasteiger partial charge < -0.3 is 10.0 Å². The molecule has 0 radical (unpaired) electrons. The predicted molar refractivity (Wildman–Crippen MR) is 106 cm³/mol. The van der Waals surface area contributed by atoms with Gasteiger partial charge in [-0.1, -0.05) is 0 Å². The maximum Gasteiger partial charge on any atom is 0.164 e. The van der Waals surface area contributed by atoms with Crippen LogP contribution in [0.15, 0.2) is 24.5 Å². The van der Waals surface area contributed by atoms with Gasteiger partial charge in [-0.25, -0.2) is 9.97 Å². The van der Waals surface area contributed by atoms with Crippen LogP contribution in [0.5, 0.6) is 0 Å². The van der Waals surface area contributed by atoms with E-state index in [4.69, 9.17) is 15.1 Å². The van der Waals surface area contributed by atoms with Gasteiger partial charge in [-0.15, -0.1) is 11.3 Å². The largest absolute Gasteiger partial charge is 0.395 e. The quantitative estimate of drug-likeness (QED) is 0.762. The summed E-state index contributed by atoms with van der Waals surface area (Å²) >= 11 is 1.73. The number of β-amino-alcohol motifs (C(OH)–C–C–N with tert-alkyl or cyclic N) is 1. The zero-order valence-electron chi connectivity index (χ0n) is 15.1. The van der Waals surface area contributed by atoms with Crippen LogP contribution in [-0.2, 0) is 0 Å². The van der Waals surface area contributed by atoms with Crippen LogP contribution in [0.1, 0.15) is 10.4 Å². The molecule has 0 aliphatic carbocycles. The smallest absolute Gasteiger partial charge is 0.164 e. The highest BCUT2D eigenvalue weighted by molar-refractivity contribution is 7.18. The lowest BCUT2D eigenvalue weighted by Crippen LogP contribution is -2.47. The van der Waals surface area contributed by atoms with E-state index in [0.717, 1.165) is 54.8 Å². The lowest BCUT2D eigenvalue weighted by molar-refractivity contribution is 0.188. The van der Waals surface area contributed by atoms with Crippen LogP contribution < -0.4 is 4.90 Å². The number of rotatable bonds is 4. The fourth-order valence-electron chi connectivity index (χ4n) is 3.41. The van der Waals surface area contributed by atoms with Gasteiger partial charge in [-0.2, -0.15) is 0 Å². The van der Waals surface area contributed by atoms with Crippen molar-refractivity contribution in [3.05, 3.63) is 35.0 Å². The molecule has 0 saturated carbocycles. The summed E-state index contributed by atoms with van der Waals surface area (Å²) in [6.45, 7) is 8.96. The number of piperazine rings is 1. The Balaban J connectivity index is 1.77. The van der Waals surface area contributed by atoms with Crippen molar-refractivity contribution in [3.8, 4) is 11.4 Å². The van der Waals surface area contributed by atoms with E-state index >= 15 is 0 Å². The summed E-state index contributed by atoms with van der Waals surface area (Å²) < 4.78 is 0. The van der Waals surface area contributed by atoms with Crippen molar-refractivity contribution in [1.82, 2.24) is 19.9 Å². The van der Waals surface area contributed by atoms with Crippen molar-refractivity contribution in [2.24, 2.45) is 0 Å². The zero-order chi connectivity index (χ0) is 18.1. The number of aliphatic hydroxyl groups excluding tert-OH is 1. The van der Waals surface area contributed by atoms with Crippen molar-refractivity contribution in [2.45, 2.75) is 13.8 Å². The van der Waals surface area contributed by atoms with Crippen molar-refractivity contribution in [2.75, 3.05) is 44.2 Å². The number of pyridine rings is 1. The lowest BCUT2D eigenvalue weighted by Gasteiger charge is -2.35. The molecule has 7 heteroatoms. The average Bonchev–Trinajstić information content (AvgIpc) is 2.97. The summed E-state index contributed by atoms with van der Waals surface area (Å²) in [4.78, 5) is 21.0. The summed E-state index contributed by atoms with van der Waals surface area (Å²) in [5.74, 6) is 1.76. The van der Waals surface area contributed by atoms with Crippen LogP contribution in [-0.4, -0.2) is 64.3 Å². The molecule has 0 aromatic carbocycles. The summed E-state index contributed by atoms with van der Waals surface area (Å²) in [5, 5.41) is 10.3. The number of aliphatic hydroxyl groups is 1. The molecule has 0 unspecified atom stereocenters. The maximum atomic E-state index is 9.16. The van der Waals surface area contributed by atoms with Crippen molar-refractivity contribution in [1.29, 1.82) is 0 Å². The number of anilines is 1. The Hall–Kier alpha value is -2.09. The van der Waals surface area contributed by atoms with E-state index in [1.165, 1.54) is 15.8 Å². The van der Waals surface area contributed by atoms with E-state index < -0.39 is 0 Å². The minimum atomic E-state index is 0.214. The van der Waals surface area contributed by atoms with Gasteiger partial charge >= 0.3 is 0 Å². The molecule has 0 atom stereocenters. The summed E-state index contributed by atoms with van der Waals surface area (Å²) in [6, 6.07) is 3.92. The van der Waals surface area contributed by atoms with E-state index in [0.29, 0.717) is 0 Å². The molecule has 26 heavy (non-hydrogen) atoms. The first-order valence-corrected chi connectivity index (χ1v) is 9.75. The van der Waals surface area contributed by atoms with Crippen LogP contribution in [0.4, 0.5) is 5.82 Å². The molecular weight excluding hydrogens is 346 g/mol. The number of aryl methyl sites for hydroxylation is 2. The summed E-state index contributed by atoms with van der Waals surface area (Å²) in [7, 11) is 0. The Morgan fingerprint density at radius 2 is 1.96 bits per heavy atom. The number of hydrogen-bond acceptors (Lipinski definition) is 7. The minimum absolute atomic E-state index is 0.214.